The summed E-state index contributed by atoms with van der Waals surface area (Å²) < 4.78 is 5.11. The maximum Gasteiger partial charge on any atom is 0.255 e. The Morgan fingerprint density at radius 3 is 2.48 bits per heavy atom. The van der Waals surface area contributed by atoms with E-state index in [9.17, 15) is 4.79 Å². The zero-order valence-electron chi connectivity index (χ0n) is 13.4. The molecule has 2 aromatic carbocycles. The molecule has 3 rings (SSSR count). The molecular formula is C19H18N2O2. The number of hydrogen-bond donors (Lipinski definition) is 1. The highest BCUT2D eigenvalue weighted by Gasteiger charge is 2.10. The van der Waals surface area contributed by atoms with Crippen molar-refractivity contribution in [1.29, 1.82) is 0 Å². The third kappa shape index (κ3) is 2.88. The number of anilines is 1. The molecule has 0 aliphatic rings. The van der Waals surface area contributed by atoms with Crippen molar-refractivity contribution in [3.05, 3.63) is 65.4 Å². The predicted molar refractivity (Wildman–Crippen MR) is 92.2 cm³/mol. The number of nitrogens with zero attached hydrogens (tertiary/aromatic N) is 1. The van der Waals surface area contributed by atoms with Crippen LogP contribution in [0.4, 0.5) is 5.69 Å². The molecule has 0 unspecified atom stereocenters. The summed E-state index contributed by atoms with van der Waals surface area (Å²) in [7, 11) is 1.60. The molecule has 4 heteroatoms. The van der Waals surface area contributed by atoms with Crippen LogP contribution in [-0.2, 0) is 0 Å². The van der Waals surface area contributed by atoms with E-state index in [-0.39, 0.29) is 5.91 Å². The molecule has 23 heavy (non-hydrogen) atoms. The molecule has 0 spiro atoms. The number of methoxy groups -OCH3 is 1. The number of aryl methyl sites for hydroxylation is 2. The van der Waals surface area contributed by atoms with Gasteiger partial charge in [0.25, 0.3) is 5.91 Å². The molecule has 1 N–H and O–H groups in total. The number of ether oxygens (including phenoxy) is 1. The van der Waals surface area contributed by atoms with Gasteiger partial charge in [0, 0.05) is 17.1 Å². The maximum absolute atomic E-state index is 12.4. The lowest BCUT2D eigenvalue weighted by atomic mass is 10.0. The average molecular weight is 306 g/mol. The van der Waals surface area contributed by atoms with Gasteiger partial charge in [-0.1, -0.05) is 12.1 Å². The molecule has 0 atom stereocenters. The Bertz CT molecular complexity index is 870. The molecule has 0 radical (unpaired) electrons. The fraction of sp³-hybridized carbons (Fsp3) is 0.158. The Morgan fingerprint density at radius 2 is 1.78 bits per heavy atom. The van der Waals surface area contributed by atoms with Crippen molar-refractivity contribution >= 4 is 22.5 Å². The predicted octanol–water partition coefficient (Wildman–Crippen LogP) is 4.11. The van der Waals surface area contributed by atoms with Gasteiger partial charge in [0.2, 0.25) is 0 Å². The van der Waals surface area contributed by atoms with Crippen LogP contribution in [0.3, 0.4) is 0 Å². The van der Waals surface area contributed by atoms with E-state index in [1.165, 1.54) is 5.56 Å². The van der Waals surface area contributed by atoms with Gasteiger partial charge >= 0.3 is 0 Å². The number of amides is 1. The maximum atomic E-state index is 12.4. The van der Waals surface area contributed by atoms with Crippen molar-refractivity contribution in [3.63, 3.8) is 0 Å². The highest BCUT2D eigenvalue weighted by molar-refractivity contribution is 6.09. The summed E-state index contributed by atoms with van der Waals surface area (Å²) in [5.41, 5.74) is 4.57. The second kappa shape index (κ2) is 6.08. The van der Waals surface area contributed by atoms with Gasteiger partial charge in [-0.3, -0.25) is 9.78 Å². The van der Waals surface area contributed by atoms with Crippen LogP contribution in [-0.4, -0.2) is 18.0 Å². The summed E-state index contributed by atoms with van der Waals surface area (Å²) in [6.45, 7) is 4.10. The zero-order chi connectivity index (χ0) is 16.4. The molecule has 0 aliphatic heterocycles. The van der Waals surface area contributed by atoms with E-state index in [1.54, 1.807) is 37.6 Å². The van der Waals surface area contributed by atoms with E-state index in [4.69, 9.17) is 4.74 Å². The Hall–Kier alpha value is -2.88. The number of aromatic nitrogens is 1. The van der Waals surface area contributed by atoms with Crippen LogP contribution < -0.4 is 10.1 Å². The number of nitrogens with one attached hydrogen (secondary N) is 1. The number of pyridine rings is 1. The molecule has 1 heterocycles. The van der Waals surface area contributed by atoms with Crippen LogP contribution >= 0.6 is 0 Å². The first kappa shape index (κ1) is 15.0. The first-order chi connectivity index (χ1) is 11.1. The second-order valence-corrected chi connectivity index (χ2v) is 5.44. The Labute approximate surface area is 135 Å². The summed E-state index contributed by atoms with van der Waals surface area (Å²) in [6.07, 6.45) is 1.72. The van der Waals surface area contributed by atoms with Gasteiger partial charge in [0.1, 0.15) is 5.75 Å². The molecule has 0 aliphatic carbocycles. The van der Waals surface area contributed by atoms with Gasteiger partial charge in [-0.05, 0) is 55.3 Å². The molecule has 0 saturated carbocycles. The minimum Gasteiger partial charge on any atom is -0.497 e. The number of fused-ring (bicyclic) bond motifs is 1. The Kier molecular flexibility index (Phi) is 3.98. The van der Waals surface area contributed by atoms with Crippen LogP contribution in [0.5, 0.6) is 5.75 Å². The second-order valence-electron chi connectivity index (χ2n) is 5.44. The van der Waals surface area contributed by atoms with Crippen LogP contribution in [0.2, 0.25) is 0 Å². The fourth-order valence-corrected chi connectivity index (χ4v) is 2.51. The van der Waals surface area contributed by atoms with Crippen molar-refractivity contribution in [3.8, 4) is 5.75 Å². The number of benzene rings is 2. The monoisotopic (exact) mass is 306 g/mol. The smallest absolute Gasteiger partial charge is 0.255 e. The van der Waals surface area contributed by atoms with Crippen LogP contribution in [0.25, 0.3) is 10.9 Å². The first-order valence-corrected chi connectivity index (χ1v) is 7.40. The van der Waals surface area contributed by atoms with Crippen LogP contribution in [0, 0.1) is 13.8 Å². The van der Waals surface area contributed by atoms with Gasteiger partial charge in [-0.25, -0.2) is 0 Å². The van der Waals surface area contributed by atoms with Crippen LogP contribution in [0.1, 0.15) is 21.5 Å². The van der Waals surface area contributed by atoms with E-state index < -0.39 is 0 Å². The lowest BCUT2D eigenvalue weighted by Gasteiger charge is -2.11. The third-order valence-electron chi connectivity index (χ3n) is 4.04. The van der Waals surface area contributed by atoms with Gasteiger partial charge < -0.3 is 10.1 Å². The average Bonchev–Trinajstić information content (AvgIpc) is 2.58. The van der Waals surface area contributed by atoms with E-state index in [1.807, 2.05) is 25.1 Å². The van der Waals surface area contributed by atoms with Gasteiger partial charge in [-0.2, -0.15) is 0 Å². The third-order valence-corrected chi connectivity index (χ3v) is 4.04. The van der Waals surface area contributed by atoms with Gasteiger partial charge in [-0.15, -0.1) is 0 Å². The fourth-order valence-electron chi connectivity index (χ4n) is 2.51. The highest BCUT2D eigenvalue weighted by atomic mass is 16.5. The quantitative estimate of drug-likeness (QED) is 0.792. The van der Waals surface area contributed by atoms with Gasteiger partial charge in [0.15, 0.2) is 0 Å². The zero-order valence-corrected chi connectivity index (χ0v) is 13.4. The largest absolute Gasteiger partial charge is 0.497 e. The van der Waals surface area contributed by atoms with Crippen molar-refractivity contribution in [2.24, 2.45) is 0 Å². The first-order valence-electron chi connectivity index (χ1n) is 7.40. The van der Waals surface area contributed by atoms with Crippen molar-refractivity contribution < 1.29 is 9.53 Å². The standard InChI is InChI=1S/C19H18N2O2/c1-12-4-9-16-17(10-11-20-18(16)13(12)2)21-19(22)14-5-7-15(23-3)8-6-14/h4-11H,1-3H3,(H,20,21,22). The molecule has 0 fully saturated rings. The topological polar surface area (TPSA) is 51.2 Å². The van der Waals surface area contributed by atoms with Crippen molar-refractivity contribution in [2.75, 3.05) is 12.4 Å². The summed E-state index contributed by atoms with van der Waals surface area (Å²) in [4.78, 5) is 16.9. The lowest BCUT2D eigenvalue weighted by Crippen LogP contribution is -2.12. The molecule has 3 aromatic rings. The number of rotatable bonds is 3. The lowest BCUT2D eigenvalue weighted by molar-refractivity contribution is 0.102. The van der Waals surface area contributed by atoms with E-state index in [2.05, 4.69) is 17.2 Å². The van der Waals surface area contributed by atoms with Crippen molar-refractivity contribution in [2.45, 2.75) is 13.8 Å². The summed E-state index contributed by atoms with van der Waals surface area (Å²) in [6, 6.07) is 12.9. The minimum atomic E-state index is -0.154. The molecule has 0 saturated heterocycles. The highest BCUT2D eigenvalue weighted by Crippen LogP contribution is 2.26. The summed E-state index contributed by atoms with van der Waals surface area (Å²) in [5, 5.41) is 3.91. The molecule has 1 aromatic heterocycles. The number of carbonyl (C=O) groups excluding carboxylic acids is 1. The van der Waals surface area contributed by atoms with Crippen molar-refractivity contribution in [1.82, 2.24) is 4.98 Å². The van der Waals surface area contributed by atoms with Gasteiger partial charge in [0.05, 0.1) is 18.3 Å². The normalized spacial score (nSPS) is 10.6. The van der Waals surface area contributed by atoms with E-state index in [0.29, 0.717) is 5.56 Å². The SMILES string of the molecule is COc1ccc(C(=O)Nc2ccnc3c(C)c(C)ccc23)cc1. The summed E-state index contributed by atoms with van der Waals surface area (Å²) in [5.74, 6) is 0.570. The van der Waals surface area contributed by atoms with Crippen LogP contribution in [0.15, 0.2) is 48.7 Å². The summed E-state index contributed by atoms with van der Waals surface area (Å²) >= 11 is 0. The Morgan fingerprint density at radius 1 is 1.04 bits per heavy atom. The molecule has 1 amide bonds. The van der Waals surface area contributed by atoms with E-state index >= 15 is 0 Å². The Balaban J connectivity index is 1.94. The molecule has 0 bridgehead atoms. The van der Waals surface area contributed by atoms with E-state index in [0.717, 1.165) is 27.9 Å². The molecular weight excluding hydrogens is 288 g/mol. The molecule has 4 nitrogen and oxygen atoms in total. The minimum absolute atomic E-state index is 0.154. The molecule has 116 valence electrons. The number of carbonyl (C=O) groups is 1. The number of hydrogen-bond acceptors (Lipinski definition) is 3.